The zero-order valence-electron chi connectivity index (χ0n) is 15.3. The number of nitrogens with zero attached hydrogens (tertiary/aromatic N) is 4. The van der Waals surface area contributed by atoms with Gasteiger partial charge in [0.1, 0.15) is 0 Å². The summed E-state index contributed by atoms with van der Waals surface area (Å²) in [6.07, 6.45) is 6.86. The number of rotatable bonds is 6. The average Bonchev–Trinajstić information content (AvgIpc) is 2.62. The van der Waals surface area contributed by atoms with Crippen molar-refractivity contribution in [2.75, 3.05) is 26.3 Å². The number of hydrogen-bond acceptors (Lipinski definition) is 6. The maximum atomic E-state index is 6.15. The Balaban J connectivity index is 1.22. The minimum absolute atomic E-state index is 0.0392. The molecule has 0 bridgehead atoms. The molecule has 2 aliphatic heterocycles. The molecule has 2 fully saturated rings. The molecule has 0 aromatic carbocycles. The number of aryl methyl sites for hydroxylation is 1. The van der Waals surface area contributed by atoms with Crippen LogP contribution in [-0.2, 0) is 11.3 Å². The van der Waals surface area contributed by atoms with Crippen molar-refractivity contribution in [2.24, 2.45) is 5.92 Å². The lowest BCUT2D eigenvalue weighted by atomic mass is 9.79. The number of likely N-dealkylation sites (tertiary alicyclic amines) is 1. The molecule has 1 unspecified atom stereocenters. The summed E-state index contributed by atoms with van der Waals surface area (Å²) in [6, 6.07) is 8.45. The van der Waals surface area contributed by atoms with Gasteiger partial charge in [0, 0.05) is 44.3 Å². The molecule has 0 N–H and O–H groups in total. The lowest BCUT2D eigenvalue weighted by Gasteiger charge is -2.53. The summed E-state index contributed by atoms with van der Waals surface area (Å²) < 4.78 is 11.9. The highest BCUT2D eigenvalue weighted by Crippen LogP contribution is 2.38. The number of ether oxygens (including phenoxy) is 2. The lowest BCUT2D eigenvalue weighted by molar-refractivity contribution is -0.182. The molecule has 2 aliphatic rings. The van der Waals surface area contributed by atoms with E-state index in [1.807, 2.05) is 31.3 Å². The molecular weight excluding hydrogens is 328 g/mol. The van der Waals surface area contributed by atoms with Crippen LogP contribution in [0.1, 0.15) is 30.7 Å². The third-order valence-electron chi connectivity index (χ3n) is 5.26. The van der Waals surface area contributed by atoms with Crippen LogP contribution in [0.4, 0.5) is 0 Å². The number of aromatic nitrogens is 3. The maximum Gasteiger partial charge on any atom is 0.316 e. The molecule has 0 amide bonds. The third-order valence-corrected chi connectivity index (χ3v) is 5.26. The molecule has 2 saturated heterocycles. The van der Waals surface area contributed by atoms with E-state index < -0.39 is 0 Å². The van der Waals surface area contributed by atoms with Crippen molar-refractivity contribution in [1.29, 1.82) is 0 Å². The maximum absolute atomic E-state index is 6.15. The fourth-order valence-corrected chi connectivity index (χ4v) is 4.01. The van der Waals surface area contributed by atoms with Crippen LogP contribution in [0.2, 0.25) is 0 Å². The quantitative estimate of drug-likeness (QED) is 0.795. The van der Waals surface area contributed by atoms with E-state index >= 15 is 0 Å². The first-order valence-corrected chi connectivity index (χ1v) is 9.39. The summed E-state index contributed by atoms with van der Waals surface area (Å²) in [7, 11) is 0. The Morgan fingerprint density at radius 3 is 2.96 bits per heavy atom. The van der Waals surface area contributed by atoms with E-state index in [1.165, 1.54) is 0 Å². The highest BCUT2D eigenvalue weighted by molar-refractivity contribution is 5.07. The van der Waals surface area contributed by atoms with Crippen molar-refractivity contribution in [3.05, 3.63) is 48.0 Å². The second-order valence-electron chi connectivity index (χ2n) is 7.47. The molecule has 0 radical (unpaired) electrons. The Kier molecular flexibility index (Phi) is 5.13. The Morgan fingerprint density at radius 2 is 2.15 bits per heavy atom. The van der Waals surface area contributed by atoms with Crippen molar-refractivity contribution in [2.45, 2.75) is 38.3 Å². The monoisotopic (exact) mass is 354 g/mol. The predicted octanol–water partition coefficient (Wildman–Crippen LogP) is 2.63. The summed E-state index contributed by atoms with van der Waals surface area (Å²) >= 11 is 0. The molecule has 6 heteroatoms. The zero-order valence-corrected chi connectivity index (χ0v) is 15.3. The van der Waals surface area contributed by atoms with Crippen LogP contribution in [0.15, 0.2) is 36.7 Å². The van der Waals surface area contributed by atoms with E-state index in [0.29, 0.717) is 18.5 Å². The van der Waals surface area contributed by atoms with Gasteiger partial charge in [0.05, 0.1) is 17.9 Å². The minimum atomic E-state index is 0.0392. The highest BCUT2D eigenvalue weighted by atomic mass is 16.5. The van der Waals surface area contributed by atoms with Gasteiger partial charge in [-0.15, -0.1) is 0 Å². The Morgan fingerprint density at radius 1 is 1.23 bits per heavy atom. The van der Waals surface area contributed by atoms with E-state index in [1.54, 1.807) is 6.20 Å². The van der Waals surface area contributed by atoms with Crippen LogP contribution in [-0.4, -0.2) is 51.8 Å². The van der Waals surface area contributed by atoms with E-state index in [2.05, 4.69) is 25.9 Å². The first kappa shape index (κ1) is 17.4. The summed E-state index contributed by atoms with van der Waals surface area (Å²) in [6.45, 7) is 6.38. The molecule has 1 atom stereocenters. The second kappa shape index (κ2) is 7.68. The number of pyridine rings is 1. The third kappa shape index (κ3) is 4.19. The molecule has 2 aromatic heterocycles. The fraction of sp³-hybridized carbons (Fsp3) is 0.550. The van der Waals surface area contributed by atoms with Gasteiger partial charge in [-0.05, 0) is 50.3 Å². The van der Waals surface area contributed by atoms with Crippen molar-refractivity contribution >= 4 is 0 Å². The molecule has 0 aliphatic carbocycles. The van der Waals surface area contributed by atoms with Gasteiger partial charge >= 0.3 is 6.01 Å². The van der Waals surface area contributed by atoms with Crippen LogP contribution < -0.4 is 4.74 Å². The molecule has 2 aromatic rings. The van der Waals surface area contributed by atoms with E-state index in [0.717, 1.165) is 56.9 Å². The SMILES string of the molecule is Cc1ccnc(OCCC2CCOC3(C2)CN(Cc2ccccn2)C3)n1. The standard InChI is InChI=1S/C20H26N4O2/c1-16-5-9-22-19(23-16)25-10-6-17-7-11-26-20(12-17)14-24(15-20)13-18-4-2-3-8-21-18/h2-5,8-9,17H,6-7,10-15H2,1H3. The van der Waals surface area contributed by atoms with Crippen molar-refractivity contribution in [3.63, 3.8) is 0 Å². The lowest BCUT2D eigenvalue weighted by Crippen LogP contribution is -2.64. The van der Waals surface area contributed by atoms with Crippen molar-refractivity contribution < 1.29 is 9.47 Å². The molecule has 1 spiro atoms. The van der Waals surface area contributed by atoms with Crippen molar-refractivity contribution in [1.82, 2.24) is 19.9 Å². The van der Waals surface area contributed by atoms with E-state index in [4.69, 9.17) is 9.47 Å². The van der Waals surface area contributed by atoms with Gasteiger partial charge in [0.15, 0.2) is 0 Å². The Labute approximate surface area is 154 Å². The molecule has 4 heterocycles. The largest absolute Gasteiger partial charge is 0.463 e. The van der Waals surface area contributed by atoms with Gasteiger partial charge in [0.2, 0.25) is 0 Å². The topological polar surface area (TPSA) is 60.4 Å². The molecule has 26 heavy (non-hydrogen) atoms. The van der Waals surface area contributed by atoms with Gasteiger partial charge in [-0.25, -0.2) is 9.97 Å². The smallest absolute Gasteiger partial charge is 0.316 e. The van der Waals surface area contributed by atoms with Crippen LogP contribution in [0.3, 0.4) is 0 Å². The molecule has 0 saturated carbocycles. The zero-order chi connectivity index (χ0) is 17.8. The van der Waals surface area contributed by atoms with Gasteiger partial charge < -0.3 is 9.47 Å². The molecule has 138 valence electrons. The van der Waals surface area contributed by atoms with Crippen LogP contribution in [0, 0.1) is 12.8 Å². The average molecular weight is 354 g/mol. The van der Waals surface area contributed by atoms with Crippen LogP contribution in [0.25, 0.3) is 0 Å². The van der Waals surface area contributed by atoms with Crippen LogP contribution in [0.5, 0.6) is 6.01 Å². The second-order valence-corrected chi connectivity index (χ2v) is 7.47. The first-order chi connectivity index (χ1) is 12.7. The Bertz CT molecular complexity index is 719. The first-order valence-electron chi connectivity index (χ1n) is 9.39. The Hall–Kier alpha value is -2.05. The predicted molar refractivity (Wildman–Crippen MR) is 97.8 cm³/mol. The van der Waals surface area contributed by atoms with Crippen LogP contribution >= 0.6 is 0 Å². The summed E-state index contributed by atoms with van der Waals surface area (Å²) in [5.41, 5.74) is 2.10. The minimum Gasteiger partial charge on any atom is -0.463 e. The van der Waals surface area contributed by atoms with Gasteiger partial charge in [0.25, 0.3) is 0 Å². The highest BCUT2D eigenvalue weighted by Gasteiger charge is 2.47. The number of hydrogen-bond donors (Lipinski definition) is 0. The summed E-state index contributed by atoms with van der Waals surface area (Å²) in [5, 5.41) is 0. The summed E-state index contributed by atoms with van der Waals surface area (Å²) in [5.74, 6) is 0.644. The van der Waals surface area contributed by atoms with E-state index in [9.17, 15) is 0 Å². The van der Waals surface area contributed by atoms with Gasteiger partial charge in [-0.1, -0.05) is 6.07 Å². The van der Waals surface area contributed by atoms with Crippen molar-refractivity contribution in [3.8, 4) is 6.01 Å². The normalized spacial score (nSPS) is 22.1. The molecule has 4 rings (SSSR count). The van der Waals surface area contributed by atoms with E-state index in [-0.39, 0.29) is 5.60 Å². The fourth-order valence-electron chi connectivity index (χ4n) is 4.01. The van der Waals surface area contributed by atoms with Gasteiger partial charge in [-0.2, -0.15) is 0 Å². The summed E-state index contributed by atoms with van der Waals surface area (Å²) in [4.78, 5) is 15.3. The van der Waals surface area contributed by atoms with Gasteiger partial charge in [-0.3, -0.25) is 9.88 Å². The molecule has 6 nitrogen and oxygen atoms in total. The molecular formula is C20H26N4O2.